The molecule has 0 aliphatic carbocycles. The van der Waals surface area contributed by atoms with Gasteiger partial charge in [0.2, 0.25) is 0 Å². The van der Waals surface area contributed by atoms with Crippen LogP contribution < -0.4 is 4.74 Å². The van der Waals surface area contributed by atoms with Gasteiger partial charge >= 0.3 is 5.97 Å². The fourth-order valence-corrected chi connectivity index (χ4v) is 1.92. The second-order valence-electron chi connectivity index (χ2n) is 3.45. The molecule has 0 bridgehead atoms. The molecule has 1 aromatic carbocycles. The number of rotatable bonds is 3. The van der Waals surface area contributed by atoms with Crippen LogP contribution in [0.15, 0.2) is 21.1 Å². The molecule has 2 aromatic rings. The number of hydrogen-bond acceptors (Lipinski definition) is 4. The molecule has 1 N–H and O–H groups in total. The quantitative estimate of drug-likeness (QED) is 0.874. The maximum Gasteiger partial charge on any atom is 0.358 e. The summed E-state index contributed by atoms with van der Waals surface area (Å²) in [5, 5.41) is 11.9. The van der Waals surface area contributed by atoms with Crippen LogP contribution in [0.3, 0.4) is 0 Å². The maximum absolute atomic E-state index is 14.0. The van der Waals surface area contributed by atoms with E-state index in [1.807, 2.05) is 0 Å². The Bertz CT molecular complexity index is 656. The number of aromatic nitrogens is 1. The van der Waals surface area contributed by atoms with Crippen molar-refractivity contribution in [3.8, 4) is 17.1 Å². The highest BCUT2D eigenvalue weighted by atomic mass is 79.9. The summed E-state index contributed by atoms with van der Waals surface area (Å²) in [5.41, 5.74) is -0.964. The van der Waals surface area contributed by atoms with Crippen molar-refractivity contribution in [2.24, 2.45) is 0 Å². The van der Waals surface area contributed by atoms with Gasteiger partial charge in [0.25, 0.3) is 0 Å². The molecule has 0 unspecified atom stereocenters. The molecule has 8 heteroatoms. The van der Waals surface area contributed by atoms with Crippen molar-refractivity contribution in [1.82, 2.24) is 5.16 Å². The molecular formula is C11H6BrF2NO4. The maximum atomic E-state index is 14.0. The first-order valence-corrected chi connectivity index (χ1v) is 5.67. The minimum Gasteiger partial charge on any atom is -0.495 e. The first-order valence-electron chi connectivity index (χ1n) is 4.87. The lowest BCUT2D eigenvalue weighted by atomic mass is 10.1. The highest BCUT2D eigenvalue weighted by Crippen LogP contribution is 2.37. The standard InChI is InChI=1S/C11H6BrF2NO4/c1-18-7-2-4(13)8(10(14)9(7)12)6-3-5(11(16)17)15-19-6/h2-3H,1H3,(H,16,17). The number of ether oxygens (including phenoxy) is 1. The molecule has 0 aliphatic rings. The first-order chi connectivity index (χ1) is 8.95. The Morgan fingerprint density at radius 1 is 1.47 bits per heavy atom. The van der Waals surface area contributed by atoms with Gasteiger partial charge in [-0.15, -0.1) is 0 Å². The van der Waals surface area contributed by atoms with Crippen molar-refractivity contribution in [3.63, 3.8) is 0 Å². The third-order valence-electron chi connectivity index (χ3n) is 2.32. The van der Waals surface area contributed by atoms with Gasteiger partial charge in [-0.05, 0) is 15.9 Å². The average molecular weight is 334 g/mol. The fraction of sp³-hybridized carbons (Fsp3) is 0.0909. The summed E-state index contributed by atoms with van der Waals surface area (Å²) in [6, 6.07) is 1.88. The molecule has 1 aromatic heterocycles. The van der Waals surface area contributed by atoms with E-state index in [9.17, 15) is 13.6 Å². The number of methoxy groups -OCH3 is 1. The molecule has 0 saturated carbocycles. The zero-order valence-corrected chi connectivity index (χ0v) is 11.0. The number of nitrogens with zero attached hydrogens (tertiary/aromatic N) is 1. The first kappa shape index (κ1) is 13.5. The number of halogens is 3. The van der Waals surface area contributed by atoms with E-state index < -0.39 is 28.9 Å². The molecule has 0 aliphatic heterocycles. The summed E-state index contributed by atoms with van der Waals surface area (Å²) in [6.07, 6.45) is 0. The highest BCUT2D eigenvalue weighted by molar-refractivity contribution is 9.10. The summed E-state index contributed by atoms with van der Waals surface area (Å²) in [6.45, 7) is 0. The van der Waals surface area contributed by atoms with Gasteiger partial charge in [0.1, 0.15) is 11.6 Å². The van der Waals surface area contributed by atoms with E-state index in [-0.39, 0.29) is 16.0 Å². The number of benzene rings is 1. The summed E-state index contributed by atoms with van der Waals surface area (Å²) >= 11 is 2.91. The molecule has 0 saturated heterocycles. The minimum atomic E-state index is -1.36. The van der Waals surface area contributed by atoms with Crippen LogP contribution in [0.2, 0.25) is 0 Å². The van der Waals surface area contributed by atoms with Crippen molar-refractivity contribution in [2.45, 2.75) is 0 Å². The Labute approximate surface area is 113 Å². The molecule has 0 spiro atoms. The Hall–Kier alpha value is -1.96. The van der Waals surface area contributed by atoms with E-state index in [4.69, 9.17) is 9.84 Å². The SMILES string of the molecule is COc1cc(F)c(-c2cc(C(=O)O)no2)c(F)c1Br. The van der Waals surface area contributed by atoms with Gasteiger partial charge in [0.05, 0.1) is 17.1 Å². The van der Waals surface area contributed by atoms with Crippen molar-refractivity contribution >= 4 is 21.9 Å². The van der Waals surface area contributed by atoms with Crippen LogP contribution in [0.1, 0.15) is 10.5 Å². The van der Waals surface area contributed by atoms with Crippen molar-refractivity contribution in [1.29, 1.82) is 0 Å². The van der Waals surface area contributed by atoms with Gasteiger partial charge in [-0.2, -0.15) is 0 Å². The number of carboxylic acid groups (broad SMARTS) is 1. The second-order valence-corrected chi connectivity index (χ2v) is 4.24. The van der Waals surface area contributed by atoms with Gasteiger partial charge in [-0.1, -0.05) is 5.16 Å². The van der Waals surface area contributed by atoms with E-state index in [2.05, 4.69) is 25.6 Å². The van der Waals surface area contributed by atoms with Gasteiger partial charge in [0, 0.05) is 12.1 Å². The van der Waals surface area contributed by atoms with Crippen LogP contribution in [-0.2, 0) is 0 Å². The third-order valence-corrected chi connectivity index (χ3v) is 3.06. The van der Waals surface area contributed by atoms with Gasteiger partial charge < -0.3 is 14.4 Å². The lowest BCUT2D eigenvalue weighted by molar-refractivity contribution is 0.0686. The summed E-state index contributed by atoms with van der Waals surface area (Å²) in [4.78, 5) is 10.6. The molecule has 0 fully saturated rings. The van der Waals surface area contributed by atoms with E-state index in [0.717, 1.165) is 12.1 Å². The summed E-state index contributed by atoms with van der Waals surface area (Å²) in [7, 11) is 1.26. The van der Waals surface area contributed by atoms with Crippen LogP contribution in [0, 0.1) is 11.6 Å². The molecule has 0 amide bonds. The molecule has 19 heavy (non-hydrogen) atoms. The van der Waals surface area contributed by atoms with Crippen LogP contribution in [0.5, 0.6) is 5.75 Å². The number of hydrogen-bond donors (Lipinski definition) is 1. The Balaban J connectivity index is 2.61. The highest BCUT2D eigenvalue weighted by Gasteiger charge is 2.23. The zero-order chi connectivity index (χ0) is 14.2. The van der Waals surface area contributed by atoms with Gasteiger partial charge in [-0.3, -0.25) is 0 Å². The number of carbonyl (C=O) groups is 1. The number of aromatic carboxylic acids is 1. The van der Waals surface area contributed by atoms with Crippen molar-refractivity contribution in [3.05, 3.63) is 33.9 Å². The normalized spacial score (nSPS) is 10.5. The van der Waals surface area contributed by atoms with E-state index in [1.165, 1.54) is 7.11 Å². The Morgan fingerprint density at radius 2 is 2.16 bits per heavy atom. The predicted molar refractivity (Wildman–Crippen MR) is 63.1 cm³/mol. The molecule has 1 heterocycles. The minimum absolute atomic E-state index is 0.0308. The van der Waals surface area contributed by atoms with E-state index in [0.29, 0.717) is 0 Å². The number of carboxylic acids is 1. The lowest BCUT2D eigenvalue weighted by Crippen LogP contribution is -1.96. The topological polar surface area (TPSA) is 72.6 Å². The second kappa shape index (κ2) is 4.96. The van der Waals surface area contributed by atoms with Crippen LogP contribution >= 0.6 is 15.9 Å². The summed E-state index contributed by atoms with van der Waals surface area (Å²) < 4.78 is 37.1. The Kier molecular flexibility index (Phi) is 3.52. The molecule has 100 valence electrons. The van der Waals surface area contributed by atoms with Crippen molar-refractivity contribution < 1.29 is 27.9 Å². The summed E-state index contributed by atoms with van der Waals surface area (Å²) in [5.74, 6) is -3.63. The molecule has 2 rings (SSSR count). The average Bonchev–Trinajstić information content (AvgIpc) is 2.83. The van der Waals surface area contributed by atoms with Crippen LogP contribution in [0.25, 0.3) is 11.3 Å². The largest absolute Gasteiger partial charge is 0.495 e. The van der Waals surface area contributed by atoms with Crippen LogP contribution in [-0.4, -0.2) is 23.3 Å². The molecular weight excluding hydrogens is 328 g/mol. The third kappa shape index (κ3) is 2.30. The van der Waals surface area contributed by atoms with Gasteiger partial charge in [-0.25, -0.2) is 13.6 Å². The molecule has 0 atom stereocenters. The fourth-order valence-electron chi connectivity index (χ4n) is 1.44. The Morgan fingerprint density at radius 3 is 2.68 bits per heavy atom. The smallest absolute Gasteiger partial charge is 0.358 e. The van der Waals surface area contributed by atoms with Crippen LogP contribution in [0.4, 0.5) is 8.78 Å². The van der Waals surface area contributed by atoms with Crippen molar-refractivity contribution in [2.75, 3.05) is 7.11 Å². The zero-order valence-electron chi connectivity index (χ0n) is 9.41. The molecule has 5 nitrogen and oxygen atoms in total. The predicted octanol–water partition coefficient (Wildman–Crippen LogP) is 3.09. The monoisotopic (exact) mass is 333 g/mol. The van der Waals surface area contributed by atoms with E-state index >= 15 is 0 Å². The van der Waals surface area contributed by atoms with Gasteiger partial charge in [0.15, 0.2) is 17.3 Å². The molecule has 0 radical (unpaired) electrons. The lowest BCUT2D eigenvalue weighted by Gasteiger charge is -2.08. The van der Waals surface area contributed by atoms with E-state index in [1.54, 1.807) is 0 Å².